The molecule has 6 nitrogen and oxygen atoms in total. The van der Waals surface area contributed by atoms with Crippen molar-refractivity contribution in [1.29, 1.82) is 0 Å². The molecule has 0 saturated carbocycles. The Bertz CT molecular complexity index is 1000. The Kier molecular flexibility index (Phi) is 5.99. The van der Waals surface area contributed by atoms with E-state index in [1.54, 1.807) is 6.26 Å². The van der Waals surface area contributed by atoms with Crippen molar-refractivity contribution in [3.63, 3.8) is 0 Å². The van der Waals surface area contributed by atoms with Crippen LogP contribution in [0, 0.1) is 6.92 Å². The molecule has 30 heavy (non-hydrogen) atoms. The van der Waals surface area contributed by atoms with Gasteiger partial charge in [0.2, 0.25) is 5.91 Å². The topological polar surface area (TPSA) is 64.2 Å². The van der Waals surface area contributed by atoms with Crippen molar-refractivity contribution in [2.75, 3.05) is 0 Å². The van der Waals surface area contributed by atoms with Crippen molar-refractivity contribution in [3.8, 4) is 17.1 Å². The summed E-state index contributed by atoms with van der Waals surface area (Å²) in [6.45, 7) is 8.18. The van der Waals surface area contributed by atoms with Gasteiger partial charge in [-0.25, -0.2) is 0 Å². The smallest absolute Gasteiger partial charge is 0.236 e. The molecular weight excluding hydrogens is 396 g/mol. The molecule has 158 valence electrons. The number of para-hydroxylation sites is 1. The van der Waals surface area contributed by atoms with Crippen LogP contribution in [-0.2, 0) is 4.79 Å². The first-order valence-corrected chi connectivity index (χ1v) is 11.4. The van der Waals surface area contributed by atoms with Gasteiger partial charge in [0.15, 0.2) is 11.0 Å². The zero-order chi connectivity index (χ0) is 21.3. The maximum atomic E-state index is 13.3. The van der Waals surface area contributed by atoms with Crippen molar-refractivity contribution in [2.45, 2.75) is 69.4 Å². The third-order valence-electron chi connectivity index (χ3n) is 5.83. The molecule has 3 heterocycles. The molecule has 3 aromatic rings. The molecule has 0 bridgehead atoms. The highest BCUT2D eigenvalue weighted by atomic mass is 32.2. The Hall–Kier alpha value is -2.54. The lowest BCUT2D eigenvalue weighted by Crippen LogP contribution is -2.50. The number of hydrogen-bond acceptors (Lipinski definition) is 5. The van der Waals surface area contributed by atoms with Gasteiger partial charge in [0.1, 0.15) is 5.76 Å². The van der Waals surface area contributed by atoms with E-state index in [1.807, 2.05) is 54.8 Å². The minimum atomic E-state index is -0.252. The quantitative estimate of drug-likeness (QED) is 0.533. The summed E-state index contributed by atoms with van der Waals surface area (Å²) in [5.74, 6) is 1.67. The van der Waals surface area contributed by atoms with Crippen LogP contribution in [0.1, 0.15) is 45.8 Å². The van der Waals surface area contributed by atoms with Crippen molar-refractivity contribution < 1.29 is 9.21 Å². The van der Waals surface area contributed by atoms with E-state index in [0.29, 0.717) is 11.0 Å². The first kappa shape index (κ1) is 20.7. The summed E-state index contributed by atoms with van der Waals surface area (Å²) in [5, 5.41) is 9.37. The Labute approximate surface area is 181 Å². The van der Waals surface area contributed by atoms with Gasteiger partial charge in [0.25, 0.3) is 0 Å². The summed E-state index contributed by atoms with van der Waals surface area (Å²) in [6.07, 6.45) is 4.98. The summed E-state index contributed by atoms with van der Waals surface area (Å²) >= 11 is 1.46. The molecule has 4 rings (SSSR count). The number of likely N-dealkylation sites (tertiary alicyclic amines) is 1. The molecule has 0 unspecified atom stereocenters. The molecule has 0 radical (unpaired) electrons. The number of rotatable bonds is 5. The highest BCUT2D eigenvalue weighted by Gasteiger charge is 2.33. The fourth-order valence-corrected chi connectivity index (χ4v) is 5.15. The number of hydrogen-bond donors (Lipinski definition) is 0. The van der Waals surface area contributed by atoms with Crippen molar-refractivity contribution in [1.82, 2.24) is 19.7 Å². The summed E-state index contributed by atoms with van der Waals surface area (Å²) in [4.78, 5) is 15.4. The molecule has 7 heteroatoms. The zero-order valence-corrected chi connectivity index (χ0v) is 18.7. The van der Waals surface area contributed by atoms with Gasteiger partial charge in [-0.15, -0.1) is 10.2 Å². The second-order valence-electron chi connectivity index (χ2n) is 8.00. The molecule has 0 aliphatic carbocycles. The van der Waals surface area contributed by atoms with Gasteiger partial charge in [-0.3, -0.25) is 9.36 Å². The molecule has 1 saturated heterocycles. The van der Waals surface area contributed by atoms with Crippen LogP contribution in [0.2, 0.25) is 0 Å². The summed E-state index contributed by atoms with van der Waals surface area (Å²) in [5.41, 5.74) is 1.86. The highest BCUT2D eigenvalue weighted by molar-refractivity contribution is 8.00. The standard InChI is InChI=1S/C23H28N4O2S/c1-15-9-8-10-16(2)26(15)22(28)18(4)30-23-25-24-21(20-13-14-29-17(20)3)27(23)19-11-6-5-7-12-19/h5-7,11-16,18H,8-10H2,1-4H3/t15-,16+,18-/m1/s1. The van der Waals surface area contributed by atoms with E-state index in [1.165, 1.54) is 18.2 Å². The predicted octanol–water partition coefficient (Wildman–Crippen LogP) is 5.11. The average Bonchev–Trinajstić information content (AvgIpc) is 3.34. The Morgan fingerprint density at radius 2 is 1.83 bits per heavy atom. The Morgan fingerprint density at radius 3 is 2.47 bits per heavy atom. The normalized spacial score (nSPS) is 20.3. The maximum absolute atomic E-state index is 13.3. The van der Waals surface area contributed by atoms with E-state index < -0.39 is 0 Å². The lowest BCUT2D eigenvalue weighted by Gasteiger charge is -2.40. The number of piperidine rings is 1. The SMILES string of the molecule is Cc1occc1-c1nnc(S[C@H](C)C(=O)N2[C@H](C)CCC[C@@H]2C)n1-c1ccccc1. The van der Waals surface area contributed by atoms with Crippen LogP contribution in [0.4, 0.5) is 0 Å². The van der Waals surface area contributed by atoms with Gasteiger partial charge in [-0.1, -0.05) is 30.0 Å². The second kappa shape index (κ2) is 8.68. The minimum absolute atomic E-state index is 0.170. The molecular formula is C23H28N4O2S. The van der Waals surface area contributed by atoms with Crippen LogP contribution in [0.3, 0.4) is 0 Å². The van der Waals surface area contributed by atoms with Gasteiger partial charge in [-0.05, 0) is 65.2 Å². The lowest BCUT2D eigenvalue weighted by molar-refractivity contribution is -0.136. The van der Waals surface area contributed by atoms with Crippen LogP contribution in [0.5, 0.6) is 0 Å². The van der Waals surface area contributed by atoms with E-state index in [0.717, 1.165) is 29.9 Å². The molecule has 2 aromatic heterocycles. The maximum Gasteiger partial charge on any atom is 0.236 e. The molecule has 1 amide bonds. The second-order valence-corrected chi connectivity index (χ2v) is 9.31. The minimum Gasteiger partial charge on any atom is -0.469 e. The van der Waals surface area contributed by atoms with Gasteiger partial charge in [0.05, 0.1) is 17.1 Å². The van der Waals surface area contributed by atoms with E-state index in [4.69, 9.17) is 4.42 Å². The predicted molar refractivity (Wildman–Crippen MR) is 119 cm³/mol. The molecule has 0 N–H and O–H groups in total. The van der Waals surface area contributed by atoms with Crippen LogP contribution < -0.4 is 0 Å². The fourth-order valence-electron chi connectivity index (χ4n) is 4.22. The number of furan rings is 1. The van der Waals surface area contributed by atoms with Gasteiger partial charge >= 0.3 is 0 Å². The van der Waals surface area contributed by atoms with Crippen molar-refractivity contribution in [3.05, 3.63) is 48.4 Å². The highest BCUT2D eigenvalue weighted by Crippen LogP contribution is 2.33. The van der Waals surface area contributed by atoms with E-state index in [9.17, 15) is 4.79 Å². The Morgan fingerprint density at radius 1 is 1.13 bits per heavy atom. The lowest BCUT2D eigenvalue weighted by atomic mass is 9.97. The molecule has 0 spiro atoms. The molecule has 1 aliphatic rings. The van der Waals surface area contributed by atoms with Gasteiger partial charge in [-0.2, -0.15) is 0 Å². The summed E-state index contributed by atoms with van der Waals surface area (Å²) in [7, 11) is 0. The van der Waals surface area contributed by atoms with Crippen LogP contribution >= 0.6 is 11.8 Å². The monoisotopic (exact) mass is 424 g/mol. The number of nitrogens with zero attached hydrogens (tertiary/aromatic N) is 4. The van der Waals surface area contributed by atoms with Gasteiger partial charge < -0.3 is 9.32 Å². The first-order valence-electron chi connectivity index (χ1n) is 10.5. The number of amides is 1. The third kappa shape index (κ3) is 3.90. The molecule has 1 aliphatic heterocycles. The van der Waals surface area contributed by atoms with Crippen molar-refractivity contribution in [2.24, 2.45) is 0 Å². The third-order valence-corrected chi connectivity index (χ3v) is 6.86. The number of thioether (sulfide) groups is 1. The summed E-state index contributed by atoms with van der Waals surface area (Å²) in [6, 6.07) is 12.5. The molecule has 3 atom stereocenters. The van der Waals surface area contributed by atoms with E-state index >= 15 is 0 Å². The van der Waals surface area contributed by atoms with Crippen molar-refractivity contribution >= 4 is 17.7 Å². The fraction of sp³-hybridized carbons (Fsp3) is 0.435. The molecule has 1 fully saturated rings. The van der Waals surface area contributed by atoms with Crippen LogP contribution in [0.15, 0.2) is 52.2 Å². The first-order chi connectivity index (χ1) is 14.5. The number of aromatic nitrogens is 3. The summed E-state index contributed by atoms with van der Waals surface area (Å²) < 4.78 is 7.50. The van der Waals surface area contributed by atoms with Crippen LogP contribution in [0.25, 0.3) is 17.1 Å². The largest absolute Gasteiger partial charge is 0.469 e. The van der Waals surface area contributed by atoms with E-state index in [2.05, 4.69) is 28.9 Å². The Balaban J connectivity index is 1.67. The molecule has 1 aromatic carbocycles. The van der Waals surface area contributed by atoms with Crippen LogP contribution in [-0.4, -0.2) is 42.9 Å². The van der Waals surface area contributed by atoms with Gasteiger partial charge in [0, 0.05) is 17.8 Å². The number of carbonyl (C=O) groups excluding carboxylic acids is 1. The zero-order valence-electron chi connectivity index (χ0n) is 17.9. The van der Waals surface area contributed by atoms with E-state index in [-0.39, 0.29) is 23.2 Å². The average molecular weight is 425 g/mol. The number of benzene rings is 1. The number of carbonyl (C=O) groups is 1. The number of aryl methyl sites for hydroxylation is 1.